The van der Waals surface area contributed by atoms with E-state index in [4.69, 9.17) is 30.2 Å². The number of rotatable bonds is 8. The number of benzene rings is 2. The normalized spacial score (nSPS) is 14.8. The SMILES string of the molecule is CCOC(=O)C1=C(C)N=c2s/c(=C\c3ccc(-c4cc(Cl)ccc4C(=O)OC(C)C)o3)c(=O)n2[C@@H]1c1cc(Br)ccc1OC. The molecular formula is C32H28BrClN2O7S. The lowest BCUT2D eigenvalue weighted by molar-refractivity contribution is -0.139. The largest absolute Gasteiger partial charge is 0.496 e. The molecule has 0 N–H and O–H groups in total. The first-order valence-corrected chi connectivity index (χ1v) is 15.6. The van der Waals surface area contributed by atoms with Crippen LogP contribution in [-0.2, 0) is 14.3 Å². The number of carbonyl (C=O) groups is 2. The van der Waals surface area contributed by atoms with Gasteiger partial charge in [0.15, 0.2) is 4.80 Å². The molecule has 0 amide bonds. The van der Waals surface area contributed by atoms with Crippen LogP contribution in [0.4, 0.5) is 0 Å². The standard InChI is InChI=1S/C32H28BrClN2O7S/c1-6-41-31(39)27-17(4)35-32-36(28(27)23-13-18(33)7-11-24(23)40-5)29(37)26(44-32)15-20-9-12-25(43-20)22-14-19(34)8-10-21(22)30(38)42-16(2)3/h7-16,28H,6H2,1-5H3/b26-15-/t28-/m1/s1. The fraction of sp³-hybridized carbons (Fsp3) is 0.250. The molecule has 12 heteroatoms. The van der Waals surface area contributed by atoms with Gasteiger partial charge in [-0.2, -0.15) is 0 Å². The highest BCUT2D eigenvalue weighted by atomic mass is 79.9. The third-order valence-electron chi connectivity index (χ3n) is 6.71. The molecule has 2 aromatic carbocycles. The molecule has 4 aromatic rings. The highest BCUT2D eigenvalue weighted by Gasteiger charge is 2.35. The Balaban J connectivity index is 1.64. The van der Waals surface area contributed by atoms with Gasteiger partial charge in [-0.3, -0.25) is 9.36 Å². The number of hydrogen-bond acceptors (Lipinski definition) is 9. The molecule has 0 saturated carbocycles. The zero-order valence-corrected chi connectivity index (χ0v) is 27.6. The van der Waals surface area contributed by atoms with Crippen LogP contribution in [0.5, 0.6) is 5.75 Å². The summed E-state index contributed by atoms with van der Waals surface area (Å²) >= 11 is 10.9. The number of thiazole rings is 1. The maximum absolute atomic E-state index is 14.0. The lowest BCUT2D eigenvalue weighted by atomic mass is 9.95. The second kappa shape index (κ2) is 13.0. The lowest BCUT2D eigenvalue weighted by Crippen LogP contribution is -2.40. The Hall–Kier alpha value is -3.93. The van der Waals surface area contributed by atoms with Gasteiger partial charge in [0.25, 0.3) is 5.56 Å². The molecule has 0 radical (unpaired) electrons. The van der Waals surface area contributed by atoms with Gasteiger partial charge in [0.1, 0.15) is 23.3 Å². The molecule has 228 valence electrons. The maximum atomic E-state index is 14.0. The van der Waals surface area contributed by atoms with Crippen molar-refractivity contribution in [3.8, 4) is 17.1 Å². The first-order chi connectivity index (χ1) is 21.0. The van der Waals surface area contributed by atoms with Crippen LogP contribution >= 0.6 is 38.9 Å². The minimum Gasteiger partial charge on any atom is -0.496 e. The van der Waals surface area contributed by atoms with Crippen LogP contribution in [0, 0.1) is 0 Å². The van der Waals surface area contributed by atoms with E-state index in [2.05, 4.69) is 20.9 Å². The van der Waals surface area contributed by atoms with Gasteiger partial charge >= 0.3 is 11.9 Å². The van der Waals surface area contributed by atoms with Crippen molar-refractivity contribution in [2.45, 2.75) is 39.8 Å². The predicted molar refractivity (Wildman–Crippen MR) is 171 cm³/mol. The zero-order valence-electron chi connectivity index (χ0n) is 24.5. The number of allylic oxidation sites excluding steroid dienone is 1. The van der Waals surface area contributed by atoms with E-state index >= 15 is 0 Å². The summed E-state index contributed by atoms with van der Waals surface area (Å²) in [6, 6.07) is 12.7. The third-order valence-corrected chi connectivity index (χ3v) is 8.42. The van der Waals surface area contributed by atoms with E-state index in [-0.39, 0.29) is 23.8 Å². The van der Waals surface area contributed by atoms with Gasteiger partial charge in [-0.05, 0) is 76.2 Å². The monoisotopic (exact) mass is 698 g/mol. The van der Waals surface area contributed by atoms with Gasteiger partial charge in [-0.25, -0.2) is 14.6 Å². The fourth-order valence-electron chi connectivity index (χ4n) is 4.88. The molecule has 5 rings (SSSR count). The molecule has 0 bridgehead atoms. The van der Waals surface area contributed by atoms with Crippen molar-refractivity contribution in [3.05, 3.63) is 106 Å². The van der Waals surface area contributed by atoms with E-state index < -0.39 is 18.0 Å². The molecule has 0 saturated heterocycles. The molecular weight excluding hydrogens is 672 g/mol. The van der Waals surface area contributed by atoms with Crippen molar-refractivity contribution in [1.82, 2.24) is 4.57 Å². The highest BCUT2D eigenvalue weighted by molar-refractivity contribution is 9.10. The van der Waals surface area contributed by atoms with Crippen LogP contribution < -0.4 is 19.6 Å². The minimum absolute atomic E-state index is 0.159. The number of carbonyl (C=O) groups excluding carboxylic acids is 2. The van der Waals surface area contributed by atoms with Crippen LogP contribution in [0.2, 0.25) is 5.02 Å². The molecule has 2 aromatic heterocycles. The van der Waals surface area contributed by atoms with E-state index in [1.165, 1.54) is 11.7 Å². The molecule has 44 heavy (non-hydrogen) atoms. The average Bonchev–Trinajstić information content (AvgIpc) is 3.56. The number of fused-ring (bicyclic) bond motifs is 1. The summed E-state index contributed by atoms with van der Waals surface area (Å²) < 4.78 is 25.0. The Kier molecular flexibility index (Phi) is 9.28. The van der Waals surface area contributed by atoms with E-state index in [0.29, 0.717) is 54.0 Å². The number of halogens is 2. The van der Waals surface area contributed by atoms with Crippen LogP contribution in [-0.4, -0.2) is 36.3 Å². The Morgan fingerprint density at radius 2 is 1.93 bits per heavy atom. The van der Waals surface area contributed by atoms with Crippen LogP contribution in [0.15, 0.2) is 78.5 Å². The Labute approximate surface area is 270 Å². The summed E-state index contributed by atoms with van der Waals surface area (Å²) in [5, 5.41) is 0.420. The molecule has 0 aliphatic carbocycles. The summed E-state index contributed by atoms with van der Waals surface area (Å²) in [4.78, 5) is 45.0. The number of ether oxygens (including phenoxy) is 3. The van der Waals surface area contributed by atoms with Crippen molar-refractivity contribution in [2.24, 2.45) is 4.99 Å². The van der Waals surface area contributed by atoms with E-state index in [1.54, 1.807) is 70.2 Å². The number of esters is 2. The molecule has 1 aliphatic rings. The minimum atomic E-state index is -0.854. The van der Waals surface area contributed by atoms with Gasteiger partial charge in [-0.1, -0.05) is 38.9 Å². The molecule has 0 spiro atoms. The van der Waals surface area contributed by atoms with Crippen LogP contribution in [0.25, 0.3) is 17.4 Å². The highest BCUT2D eigenvalue weighted by Crippen LogP contribution is 2.37. The lowest BCUT2D eigenvalue weighted by Gasteiger charge is -2.26. The predicted octanol–water partition coefficient (Wildman–Crippen LogP) is 6.05. The average molecular weight is 700 g/mol. The summed E-state index contributed by atoms with van der Waals surface area (Å²) in [5.41, 5.74) is 1.65. The van der Waals surface area contributed by atoms with Crippen molar-refractivity contribution in [1.29, 1.82) is 0 Å². The second-order valence-corrected chi connectivity index (χ2v) is 12.4. The van der Waals surface area contributed by atoms with Gasteiger partial charge < -0.3 is 18.6 Å². The number of methoxy groups -OCH3 is 1. The summed E-state index contributed by atoms with van der Waals surface area (Å²) in [6.07, 6.45) is 1.29. The molecule has 9 nitrogen and oxygen atoms in total. The van der Waals surface area contributed by atoms with Crippen LogP contribution in [0.1, 0.15) is 55.4 Å². The van der Waals surface area contributed by atoms with Crippen molar-refractivity contribution < 1.29 is 28.2 Å². The Morgan fingerprint density at radius 3 is 2.64 bits per heavy atom. The zero-order chi connectivity index (χ0) is 31.7. The molecule has 0 unspecified atom stereocenters. The second-order valence-electron chi connectivity index (χ2n) is 10.0. The van der Waals surface area contributed by atoms with Gasteiger partial charge in [0.05, 0.1) is 41.2 Å². The van der Waals surface area contributed by atoms with Crippen LogP contribution in [0.3, 0.4) is 0 Å². The first kappa shape index (κ1) is 31.5. The number of aromatic nitrogens is 1. The van der Waals surface area contributed by atoms with E-state index in [9.17, 15) is 14.4 Å². The van der Waals surface area contributed by atoms with Gasteiger partial charge in [0.2, 0.25) is 0 Å². The topological polar surface area (TPSA) is 109 Å². The van der Waals surface area contributed by atoms with Crippen molar-refractivity contribution in [2.75, 3.05) is 13.7 Å². The molecule has 3 heterocycles. The first-order valence-electron chi connectivity index (χ1n) is 13.7. The number of hydrogen-bond donors (Lipinski definition) is 0. The Morgan fingerprint density at radius 1 is 1.16 bits per heavy atom. The van der Waals surface area contributed by atoms with Gasteiger partial charge in [-0.15, -0.1) is 0 Å². The fourth-order valence-corrected chi connectivity index (χ4v) is 6.46. The molecule has 1 aliphatic heterocycles. The van der Waals surface area contributed by atoms with E-state index in [0.717, 1.165) is 15.8 Å². The summed E-state index contributed by atoms with van der Waals surface area (Å²) in [7, 11) is 1.53. The third kappa shape index (κ3) is 6.17. The smallest absolute Gasteiger partial charge is 0.339 e. The number of furan rings is 1. The molecule has 1 atom stereocenters. The Bertz CT molecular complexity index is 1990. The maximum Gasteiger partial charge on any atom is 0.339 e. The number of nitrogens with zero attached hydrogens (tertiary/aromatic N) is 2. The van der Waals surface area contributed by atoms with Crippen molar-refractivity contribution >= 4 is 56.9 Å². The van der Waals surface area contributed by atoms with Crippen molar-refractivity contribution in [3.63, 3.8) is 0 Å². The quantitative estimate of drug-likeness (QED) is 0.206. The summed E-state index contributed by atoms with van der Waals surface area (Å²) in [5.74, 6) is 0.159. The van der Waals surface area contributed by atoms with Gasteiger partial charge in [0, 0.05) is 26.7 Å². The van der Waals surface area contributed by atoms with E-state index in [1.807, 2.05) is 12.1 Å². The molecule has 0 fully saturated rings. The summed E-state index contributed by atoms with van der Waals surface area (Å²) in [6.45, 7) is 7.12.